The van der Waals surface area contributed by atoms with E-state index in [4.69, 9.17) is 21.4 Å². The van der Waals surface area contributed by atoms with Crippen LogP contribution in [-0.4, -0.2) is 12.2 Å². The minimum atomic E-state index is 0.334. The molecular formula is C7H9ClO2. The van der Waals surface area contributed by atoms with Crippen molar-refractivity contribution in [1.82, 2.24) is 0 Å². The molecular weight excluding hydrogens is 152 g/mol. The molecule has 0 saturated heterocycles. The Balaban J connectivity index is 2.82. The summed E-state index contributed by atoms with van der Waals surface area (Å²) in [5, 5.41) is 9.70. The summed E-state index contributed by atoms with van der Waals surface area (Å²) in [4.78, 5) is 0. The zero-order valence-electron chi connectivity index (χ0n) is 5.72. The molecule has 0 spiro atoms. The van der Waals surface area contributed by atoms with E-state index in [1.54, 1.807) is 6.08 Å². The molecule has 10 heavy (non-hydrogen) atoms. The first-order valence-electron chi connectivity index (χ1n) is 3.06. The van der Waals surface area contributed by atoms with Gasteiger partial charge in [-0.05, 0) is 6.42 Å². The number of hydrogen-bond donors (Lipinski definition) is 1. The Hall–Kier alpha value is -0.630. The Labute approximate surface area is 64.8 Å². The van der Waals surface area contributed by atoms with E-state index in [-0.39, 0.29) is 0 Å². The van der Waals surface area contributed by atoms with Gasteiger partial charge in [-0.25, -0.2) is 0 Å². The SMILES string of the molecule is COC1=C(Cl)CCC(O)=C1. The molecule has 3 heteroatoms. The molecule has 0 amide bonds. The molecule has 1 rings (SSSR count). The second kappa shape index (κ2) is 2.97. The van der Waals surface area contributed by atoms with Crippen LogP contribution in [-0.2, 0) is 4.74 Å². The van der Waals surface area contributed by atoms with Crippen LogP contribution >= 0.6 is 11.6 Å². The molecule has 0 aromatic carbocycles. The van der Waals surface area contributed by atoms with Crippen LogP contribution in [0.4, 0.5) is 0 Å². The van der Waals surface area contributed by atoms with E-state index in [0.29, 0.717) is 29.4 Å². The standard InChI is InChI=1S/C7H9ClO2/c1-10-7-4-5(9)2-3-6(7)8/h4,9H,2-3H2,1H3. The fourth-order valence-electron chi connectivity index (χ4n) is 0.832. The summed E-state index contributed by atoms with van der Waals surface area (Å²) in [6.07, 6.45) is 2.84. The molecule has 56 valence electrons. The number of allylic oxidation sites excluding steroid dienone is 3. The first kappa shape index (κ1) is 7.48. The molecule has 0 radical (unpaired) electrons. The summed E-state index contributed by atoms with van der Waals surface area (Å²) in [5.41, 5.74) is 0. The van der Waals surface area contributed by atoms with E-state index in [2.05, 4.69) is 0 Å². The maximum absolute atomic E-state index is 9.02. The Bertz CT molecular complexity index is 194. The third kappa shape index (κ3) is 1.45. The second-order valence-electron chi connectivity index (χ2n) is 2.11. The van der Waals surface area contributed by atoms with Crippen molar-refractivity contribution in [2.45, 2.75) is 12.8 Å². The predicted octanol–water partition coefficient (Wildman–Crippen LogP) is 2.32. The average molecular weight is 161 g/mol. The fourth-order valence-corrected chi connectivity index (χ4v) is 1.06. The monoisotopic (exact) mass is 160 g/mol. The van der Waals surface area contributed by atoms with Crippen molar-refractivity contribution < 1.29 is 9.84 Å². The van der Waals surface area contributed by atoms with Gasteiger partial charge in [0.2, 0.25) is 0 Å². The Morgan fingerprint density at radius 1 is 1.60 bits per heavy atom. The molecule has 2 nitrogen and oxygen atoms in total. The summed E-state index contributed by atoms with van der Waals surface area (Å²) in [5.74, 6) is 0.909. The molecule has 0 heterocycles. The minimum Gasteiger partial charge on any atom is -0.512 e. The van der Waals surface area contributed by atoms with Crippen LogP contribution < -0.4 is 0 Å². The van der Waals surface area contributed by atoms with E-state index in [1.807, 2.05) is 0 Å². The van der Waals surface area contributed by atoms with Crippen molar-refractivity contribution in [2.75, 3.05) is 7.11 Å². The van der Waals surface area contributed by atoms with Crippen LogP contribution in [0.1, 0.15) is 12.8 Å². The molecule has 0 saturated carbocycles. The summed E-state index contributed by atoms with van der Waals surface area (Å²) in [6, 6.07) is 0. The number of aliphatic hydroxyl groups is 1. The second-order valence-corrected chi connectivity index (χ2v) is 2.57. The van der Waals surface area contributed by atoms with Gasteiger partial charge in [0.25, 0.3) is 0 Å². The largest absolute Gasteiger partial charge is 0.512 e. The summed E-state index contributed by atoms with van der Waals surface area (Å²) in [6.45, 7) is 0. The van der Waals surface area contributed by atoms with Gasteiger partial charge in [0.05, 0.1) is 17.9 Å². The topological polar surface area (TPSA) is 29.5 Å². The fraction of sp³-hybridized carbons (Fsp3) is 0.429. The predicted molar refractivity (Wildman–Crippen MR) is 39.8 cm³/mol. The number of ether oxygens (including phenoxy) is 1. The summed E-state index contributed by atoms with van der Waals surface area (Å²) < 4.78 is 4.89. The van der Waals surface area contributed by atoms with Gasteiger partial charge in [0.15, 0.2) is 0 Å². The number of methoxy groups -OCH3 is 1. The van der Waals surface area contributed by atoms with E-state index < -0.39 is 0 Å². The summed E-state index contributed by atoms with van der Waals surface area (Å²) in [7, 11) is 1.53. The van der Waals surface area contributed by atoms with Crippen LogP contribution in [0.5, 0.6) is 0 Å². The lowest BCUT2D eigenvalue weighted by atomic mass is 10.1. The first-order valence-corrected chi connectivity index (χ1v) is 3.44. The highest BCUT2D eigenvalue weighted by Crippen LogP contribution is 2.25. The van der Waals surface area contributed by atoms with Crippen molar-refractivity contribution in [3.63, 3.8) is 0 Å². The lowest BCUT2D eigenvalue weighted by molar-refractivity contribution is 0.290. The van der Waals surface area contributed by atoms with Crippen molar-refractivity contribution in [1.29, 1.82) is 0 Å². The van der Waals surface area contributed by atoms with Crippen molar-refractivity contribution in [2.24, 2.45) is 0 Å². The molecule has 0 atom stereocenters. The lowest BCUT2D eigenvalue weighted by Gasteiger charge is -2.10. The third-order valence-electron chi connectivity index (χ3n) is 1.39. The maximum atomic E-state index is 9.02. The van der Waals surface area contributed by atoms with Crippen LogP contribution in [0, 0.1) is 0 Å². The molecule has 1 N–H and O–H groups in total. The maximum Gasteiger partial charge on any atom is 0.136 e. The van der Waals surface area contributed by atoms with E-state index in [0.717, 1.165) is 0 Å². The van der Waals surface area contributed by atoms with Crippen LogP contribution in [0.25, 0.3) is 0 Å². The molecule has 0 aromatic rings. The molecule has 1 aliphatic carbocycles. The van der Waals surface area contributed by atoms with Crippen LogP contribution in [0.15, 0.2) is 22.6 Å². The Morgan fingerprint density at radius 2 is 2.30 bits per heavy atom. The minimum absolute atomic E-state index is 0.334. The normalized spacial score (nSPS) is 18.8. The molecule has 0 aliphatic heterocycles. The van der Waals surface area contributed by atoms with Crippen molar-refractivity contribution in [3.05, 3.63) is 22.6 Å². The molecule has 1 aliphatic rings. The molecule has 0 bridgehead atoms. The van der Waals surface area contributed by atoms with Crippen molar-refractivity contribution in [3.8, 4) is 0 Å². The number of rotatable bonds is 1. The van der Waals surface area contributed by atoms with E-state index >= 15 is 0 Å². The smallest absolute Gasteiger partial charge is 0.136 e. The molecule has 0 fully saturated rings. The van der Waals surface area contributed by atoms with E-state index in [9.17, 15) is 0 Å². The van der Waals surface area contributed by atoms with Gasteiger partial charge in [-0.2, -0.15) is 0 Å². The van der Waals surface area contributed by atoms with Crippen LogP contribution in [0.3, 0.4) is 0 Å². The highest BCUT2D eigenvalue weighted by Gasteiger charge is 2.10. The van der Waals surface area contributed by atoms with E-state index in [1.165, 1.54) is 7.11 Å². The Morgan fingerprint density at radius 3 is 2.80 bits per heavy atom. The van der Waals surface area contributed by atoms with Crippen LogP contribution in [0.2, 0.25) is 0 Å². The highest BCUT2D eigenvalue weighted by atomic mass is 35.5. The zero-order chi connectivity index (χ0) is 7.56. The average Bonchev–Trinajstić information content (AvgIpc) is 1.94. The van der Waals surface area contributed by atoms with Gasteiger partial charge < -0.3 is 9.84 Å². The number of hydrogen-bond acceptors (Lipinski definition) is 2. The highest BCUT2D eigenvalue weighted by molar-refractivity contribution is 6.30. The Kier molecular flexibility index (Phi) is 2.22. The van der Waals surface area contributed by atoms with Crippen molar-refractivity contribution >= 4 is 11.6 Å². The number of halogens is 1. The van der Waals surface area contributed by atoms with Gasteiger partial charge in [-0.3, -0.25) is 0 Å². The quantitative estimate of drug-likeness (QED) is 0.638. The zero-order valence-corrected chi connectivity index (χ0v) is 6.48. The molecule has 0 aromatic heterocycles. The van der Waals surface area contributed by atoms with Gasteiger partial charge in [0.1, 0.15) is 5.76 Å². The lowest BCUT2D eigenvalue weighted by Crippen LogP contribution is -1.96. The first-order chi connectivity index (χ1) is 4.74. The third-order valence-corrected chi connectivity index (χ3v) is 1.76. The van der Waals surface area contributed by atoms with Gasteiger partial charge >= 0.3 is 0 Å². The number of aliphatic hydroxyl groups excluding tert-OH is 1. The van der Waals surface area contributed by atoms with Gasteiger partial charge in [0, 0.05) is 12.5 Å². The summed E-state index contributed by atoms with van der Waals surface area (Å²) >= 11 is 5.75. The van der Waals surface area contributed by atoms with Gasteiger partial charge in [-0.1, -0.05) is 11.6 Å². The molecule has 0 unspecified atom stereocenters. The van der Waals surface area contributed by atoms with Gasteiger partial charge in [-0.15, -0.1) is 0 Å².